The molecule has 4 nitrogen and oxygen atoms in total. The van der Waals surface area contributed by atoms with Gasteiger partial charge in [-0.05, 0) is 12.0 Å². The van der Waals surface area contributed by atoms with Crippen molar-refractivity contribution < 1.29 is 14.3 Å². The summed E-state index contributed by atoms with van der Waals surface area (Å²) in [5.74, 6) is 0.301. The summed E-state index contributed by atoms with van der Waals surface area (Å²) < 4.78 is 10.8. The zero-order valence-electron chi connectivity index (χ0n) is 10.5. The molecule has 1 aliphatic heterocycles. The second-order valence-corrected chi connectivity index (χ2v) is 4.48. The number of benzene rings is 1. The smallest absolute Gasteiger partial charge is 0.148 e. The number of rotatable bonds is 6. The molecule has 1 aromatic carbocycles. The fourth-order valence-electron chi connectivity index (χ4n) is 1.98. The van der Waals surface area contributed by atoms with Crippen molar-refractivity contribution in [2.45, 2.75) is 19.4 Å². The van der Waals surface area contributed by atoms with Crippen molar-refractivity contribution in [3.05, 3.63) is 35.9 Å². The van der Waals surface area contributed by atoms with Crippen molar-refractivity contribution in [1.82, 2.24) is 4.90 Å². The Hall–Kier alpha value is -1.23. The number of Topliss-reactive ketones (excluding diaryl/α,β-unsaturated/α-hetero) is 1. The summed E-state index contributed by atoms with van der Waals surface area (Å²) in [5, 5.41) is 0. The lowest BCUT2D eigenvalue weighted by molar-refractivity contribution is -0.129. The van der Waals surface area contributed by atoms with Crippen molar-refractivity contribution in [1.29, 1.82) is 0 Å². The number of carbonyl (C=O) groups excluding carboxylic acids is 1. The summed E-state index contributed by atoms with van der Waals surface area (Å²) in [6.45, 7) is 2.74. The van der Waals surface area contributed by atoms with Gasteiger partial charge in [-0.2, -0.15) is 0 Å². The second-order valence-electron chi connectivity index (χ2n) is 4.48. The van der Waals surface area contributed by atoms with E-state index >= 15 is 0 Å². The minimum absolute atomic E-state index is 0.263. The third-order valence-electron chi connectivity index (χ3n) is 2.88. The maximum Gasteiger partial charge on any atom is 0.148 e. The van der Waals surface area contributed by atoms with E-state index < -0.39 is 0 Å². The molecule has 0 N–H and O–H groups in total. The number of carbonyl (C=O) groups is 1. The van der Waals surface area contributed by atoms with Gasteiger partial charge in [-0.1, -0.05) is 30.3 Å². The van der Waals surface area contributed by atoms with Gasteiger partial charge >= 0.3 is 0 Å². The van der Waals surface area contributed by atoms with Gasteiger partial charge in [0.15, 0.2) is 0 Å². The number of nitrogens with zero attached hydrogens (tertiary/aromatic N) is 1. The predicted octanol–water partition coefficient (Wildman–Crippen LogP) is 1.80. The van der Waals surface area contributed by atoms with Crippen LogP contribution in [0.4, 0.5) is 0 Å². The molecule has 0 bridgehead atoms. The van der Waals surface area contributed by atoms with Crippen molar-refractivity contribution in [2.24, 2.45) is 0 Å². The molecule has 0 unspecified atom stereocenters. The third-order valence-corrected chi connectivity index (χ3v) is 2.88. The molecule has 1 saturated heterocycles. The van der Waals surface area contributed by atoms with Crippen LogP contribution in [0.5, 0.6) is 0 Å². The summed E-state index contributed by atoms with van der Waals surface area (Å²) in [7, 11) is 0. The number of ether oxygens (including phenoxy) is 2. The zero-order chi connectivity index (χ0) is 12.6. The molecular formula is C14H19NO3. The van der Waals surface area contributed by atoms with Crippen molar-refractivity contribution in [2.75, 3.05) is 26.6 Å². The molecule has 18 heavy (non-hydrogen) atoms. The molecule has 4 heteroatoms. The van der Waals surface area contributed by atoms with Crippen LogP contribution in [-0.2, 0) is 20.9 Å². The number of hydrogen-bond donors (Lipinski definition) is 0. The van der Waals surface area contributed by atoms with E-state index in [0.29, 0.717) is 32.1 Å². The Balaban J connectivity index is 1.55. The van der Waals surface area contributed by atoms with E-state index in [4.69, 9.17) is 9.47 Å². The molecule has 0 radical (unpaired) electrons. The van der Waals surface area contributed by atoms with Crippen LogP contribution >= 0.6 is 0 Å². The Bertz CT molecular complexity index is 367. The summed E-state index contributed by atoms with van der Waals surface area (Å²) in [6, 6.07) is 9.98. The number of likely N-dealkylation sites (tertiary alicyclic amines) is 1. The SMILES string of the molecule is O=C1CCCN(COCOCc2ccccc2)C1. The number of piperidine rings is 1. The average Bonchev–Trinajstić information content (AvgIpc) is 2.40. The Morgan fingerprint density at radius 3 is 2.78 bits per heavy atom. The predicted molar refractivity (Wildman–Crippen MR) is 67.9 cm³/mol. The fourth-order valence-corrected chi connectivity index (χ4v) is 1.98. The van der Waals surface area contributed by atoms with E-state index in [2.05, 4.69) is 0 Å². The van der Waals surface area contributed by atoms with Crippen LogP contribution in [0, 0.1) is 0 Å². The highest BCUT2D eigenvalue weighted by Gasteiger charge is 2.15. The third kappa shape index (κ3) is 4.56. The maximum atomic E-state index is 11.2. The first-order valence-electron chi connectivity index (χ1n) is 6.28. The molecule has 0 saturated carbocycles. The minimum atomic E-state index is 0.263. The highest BCUT2D eigenvalue weighted by Crippen LogP contribution is 2.05. The first kappa shape index (κ1) is 13.2. The van der Waals surface area contributed by atoms with Crippen molar-refractivity contribution in [3.63, 3.8) is 0 Å². The first-order valence-corrected chi connectivity index (χ1v) is 6.28. The lowest BCUT2D eigenvalue weighted by atomic mass is 10.1. The monoisotopic (exact) mass is 249 g/mol. The van der Waals surface area contributed by atoms with Crippen LogP contribution in [0.15, 0.2) is 30.3 Å². The summed E-state index contributed by atoms with van der Waals surface area (Å²) in [5.41, 5.74) is 1.13. The van der Waals surface area contributed by atoms with E-state index in [9.17, 15) is 4.79 Å². The van der Waals surface area contributed by atoms with Crippen LogP contribution in [-0.4, -0.2) is 37.3 Å². The molecule has 0 spiro atoms. The van der Waals surface area contributed by atoms with Crippen molar-refractivity contribution >= 4 is 5.78 Å². The lowest BCUT2D eigenvalue weighted by Crippen LogP contribution is -2.37. The van der Waals surface area contributed by atoms with Crippen LogP contribution in [0.25, 0.3) is 0 Å². The molecule has 1 fully saturated rings. The second kappa shape index (κ2) is 7.26. The van der Waals surface area contributed by atoms with Gasteiger partial charge in [0.2, 0.25) is 0 Å². The topological polar surface area (TPSA) is 38.8 Å². The van der Waals surface area contributed by atoms with E-state index in [1.165, 1.54) is 0 Å². The van der Waals surface area contributed by atoms with E-state index in [1.54, 1.807) is 0 Å². The first-order chi connectivity index (χ1) is 8.84. The summed E-state index contributed by atoms with van der Waals surface area (Å²) in [4.78, 5) is 13.2. The molecule has 98 valence electrons. The van der Waals surface area contributed by atoms with Gasteiger partial charge in [0, 0.05) is 13.0 Å². The summed E-state index contributed by atoms with van der Waals surface area (Å²) in [6.07, 6.45) is 1.65. The van der Waals surface area contributed by atoms with Gasteiger partial charge in [0.25, 0.3) is 0 Å². The maximum absolute atomic E-state index is 11.2. The van der Waals surface area contributed by atoms with Crippen LogP contribution in [0.3, 0.4) is 0 Å². The van der Waals surface area contributed by atoms with Gasteiger partial charge in [0.05, 0.1) is 13.2 Å². The van der Waals surface area contributed by atoms with Gasteiger partial charge in [-0.15, -0.1) is 0 Å². The highest BCUT2D eigenvalue weighted by atomic mass is 16.7. The number of ketones is 1. The molecule has 1 heterocycles. The average molecular weight is 249 g/mol. The zero-order valence-corrected chi connectivity index (χ0v) is 10.5. The largest absolute Gasteiger partial charge is 0.351 e. The lowest BCUT2D eigenvalue weighted by Gasteiger charge is -2.24. The Labute approximate surface area is 107 Å². The fraction of sp³-hybridized carbons (Fsp3) is 0.500. The molecule has 0 atom stereocenters. The Kier molecular flexibility index (Phi) is 5.33. The Morgan fingerprint density at radius 2 is 2.00 bits per heavy atom. The molecule has 1 aromatic rings. The summed E-state index contributed by atoms with van der Waals surface area (Å²) >= 11 is 0. The molecular weight excluding hydrogens is 230 g/mol. The van der Waals surface area contributed by atoms with Crippen LogP contribution in [0.2, 0.25) is 0 Å². The van der Waals surface area contributed by atoms with Crippen LogP contribution in [0.1, 0.15) is 18.4 Å². The van der Waals surface area contributed by atoms with E-state index in [0.717, 1.165) is 18.5 Å². The standard InChI is InChI=1S/C14H19NO3/c16-14-7-4-8-15(9-14)11-18-12-17-10-13-5-2-1-3-6-13/h1-3,5-6H,4,7-12H2. The molecule has 0 aliphatic carbocycles. The normalized spacial score (nSPS) is 17.0. The van der Waals surface area contributed by atoms with E-state index in [-0.39, 0.29) is 6.79 Å². The van der Waals surface area contributed by atoms with Gasteiger partial charge in [-0.25, -0.2) is 0 Å². The molecule has 0 aromatic heterocycles. The molecule has 1 aliphatic rings. The quantitative estimate of drug-likeness (QED) is 0.569. The van der Waals surface area contributed by atoms with Gasteiger partial charge in [0.1, 0.15) is 19.3 Å². The Morgan fingerprint density at radius 1 is 1.17 bits per heavy atom. The van der Waals surface area contributed by atoms with Gasteiger partial charge in [-0.3, -0.25) is 9.69 Å². The highest BCUT2D eigenvalue weighted by molar-refractivity contribution is 5.81. The van der Waals surface area contributed by atoms with Crippen LogP contribution < -0.4 is 0 Å². The number of hydrogen-bond acceptors (Lipinski definition) is 4. The van der Waals surface area contributed by atoms with Gasteiger partial charge < -0.3 is 9.47 Å². The van der Waals surface area contributed by atoms with Crippen molar-refractivity contribution in [3.8, 4) is 0 Å². The molecule has 0 amide bonds. The minimum Gasteiger partial charge on any atom is -0.351 e. The van der Waals surface area contributed by atoms with E-state index in [1.807, 2.05) is 35.2 Å². The molecule has 2 rings (SSSR count).